The van der Waals surface area contributed by atoms with E-state index in [2.05, 4.69) is 4.98 Å². The van der Waals surface area contributed by atoms with Gasteiger partial charge in [-0.1, -0.05) is 0 Å². The topological polar surface area (TPSA) is 97.9 Å². The van der Waals surface area contributed by atoms with Crippen molar-refractivity contribution in [2.45, 2.75) is 19.9 Å². The van der Waals surface area contributed by atoms with Crippen LogP contribution in [0.1, 0.15) is 38.9 Å². The molecule has 1 aromatic heterocycles. The molecule has 2 heterocycles. The van der Waals surface area contributed by atoms with Crippen molar-refractivity contribution in [3.8, 4) is 11.5 Å². The number of ketones is 1. The molecule has 1 N–H and O–H groups in total. The van der Waals surface area contributed by atoms with E-state index in [4.69, 9.17) is 14.2 Å². The highest BCUT2D eigenvalue weighted by atomic mass is 16.5. The van der Waals surface area contributed by atoms with Crippen LogP contribution in [-0.4, -0.2) is 54.9 Å². The molecular weight excluding hydrogens is 412 g/mol. The third-order valence-corrected chi connectivity index (χ3v) is 5.67. The first-order chi connectivity index (χ1) is 15.4. The van der Waals surface area contributed by atoms with Gasteiger partial charge in [0.25, 0.3) is 5.91 Å². The highest BCUT2D eigenvalue weighted by Crippen LogP contribution is 2.30. The van der Waals surface area contributed by atoms with Crippen molar-refractivity contribution in [3.05, 3.63) is 58.8 Å². The number of hydrogen-bond donors (Lipinski definition) is 1. The van der Waals surface area contributed by atoms with Crippen molar-refractivity contribution in [3.63, 3.8) is 0 Å². The van der Waals surface area contributed by atoms with E-state index in [0.717, 1.165) is 22.2 Å². The van der Waals surface area contributed by atoms with Gasteiger partial charge in [0.05, 0.1) is 19.8 Å². The van der Waals surface area contributed by atoms with Crippen LogP contribution < -0.4 is 9.47 Å². The zero-order valence-corrected chi connectivity index (χ0v) is 18.2. The Labute approximate surface area is 185 Å². The summed E-state index contributed by atoms with van der Waals surface area (Å²) in [5, 5.41) is 0.905. The maximum atomic E-state index is 12.9. The monoisotopic (exact) mass is 436 g/mol. The molecule has 4 rings (SSSR count). The van der Waals surface area contributed by atoms with Gasteiger partial charge in [-0.25, -0.2) is 4.79 Å². The minimum Gasteiger partial charge on any atom is -0.493 e. The zero-order valence-electron chi connectivity index (χ0n) is 18.2. The van der Waals surface area contributed by atoms with Crippen LogP contribution in [0.4, 0.5) is 0 Å². The molecule has 3 aromatic rings. The Hall–Kier alpha value is -3.81. The van der Waals surface area contributed by atoms with Gasteiger partial charge in [-0.05, 0) is 43.3 Å². The van der Waals surface area contributed by atoms with Gasteiger partial charge in [0, 0.05) is 47.2 Å². The van der Waals surface area contributed by atoms with Gasteiger partial charge < -0.3 is 24.1 Å². The Morgan fingerprint density at radius 1 is 1.03 bits per heavy atom. The van der Waals surface area contributed by atoms with E-state index in [0.29, 0.717) is 42.1 Å². The molecular formula is C24H24N2O6. The number of esters is 1. The summed E-state index contributed by atoms with van der Waals surface area (Å²) < 4.78 is 15.8. The summed E-state index contributed by atoms with van der Waals surface area (Å²) >= 11 is 0. The number of carbonyl (C=O) groups excluding carboxylic acids is 3. The van der Waals surface area contributed by atoms with Crippen molar-refractivity contribution >= 4 is 28.6 Å². The summed E-state index contributed by atoms with van der Waals surface area (Å²) in [5.74, 6) is 0.163. The maximum absolute atomic E-state index is 12.9. The van der Waals surface area contributed by atoms with Crippen molar-refractivity contribution in [1.82, 2.24) is 9.88 Å². The Bertz CT molecular complexity index is 1210. The lowest BCUT2D eigenvalue weighted by atomic mass is 10.0. The highest BCUT2D eigenvalue weighted by Gasteiger charge is 2.25. The Morgan fingerprint density at radius 3 is 2.53 bits per heavy atom. The van der Waals surface area contributed by atoms with Gasteiger partial charge >= 0.3 is 5.97 Å². The van der Waals surface area contributed by atoms with Crippen LogP contribution >= 0.6 is 0 Å². The van der Waals surface area contributed by atoms with Crippen molar-refractivity contribution in [2.75, 3.05) is 27.4 Å². The van der Waals surface area contributed by atoms with E-state index in [1.165, 1.54) is 21.1 Å². The Balaban J connectivity index is 1.49. The van der Waals surface area contributed by atoms with Crippen LogP contribution in [0.5, 0.6) is 11.5 Å². The summed E-state index contributed by atoms with van der Waals surface area (Å²) in [6.07, 6.45) is 0.680. The molecule has 0 aliphatic carbocycles. The molecule has 32 heavy (non-hydrogen) atoms. The molecule has 8 heteroatoms. The lowest BCUT2D eigenvalue weighted by Crippen LogP contribution is -2.38. The van der Waals surface area contributed by atoms with Crippen molar-refractivity contribution in [1.29, 1.82) is 0 Å². The molecule has 1 aliphatic heterocycles. The number of rotatable bonds is 6. The van der Waals surface area contributed by atoms with Gasteiger partial charge in [-0.15, -0.1) is 0 Å². The molecule has 0 atom stereocenters. The summed E-state index contributed by atoms with van der Waals surface area (Å²) in [7, 11) is 2.84. The van der Waals surface area contributed by atoms with E-state index in [1.54, 1.807) is 35.2 Å². The quantitative estimate of drug-likeness (QED) is 0.471. The van der Waals surface area contributed by atoms with Crippen molar-refractivity contribution < 1.29 is 28.6 Å². The maximum Gasteiger partial charge on any atom is 0.337 e. The summed E-state index contributed by atoms with van der Waals surface area (Å²) in [6, 6.07) is 10.2. The molecule has 1 amide bonds. The number of benzene rings is 2. The molecule has 166 valence electrons. The average molecular weight is 436 g/mol. The van der Waals surface area contributed by atoms with Gasteiger partial charge in [0.2, 0.25) is 0 Å². The van der Waals surface area contributed by atoms with Crippen LogP contribution in [0.15, 0.2) is 36.4 Å². The molecule has 0 unspecified atom stereocenters. The van der Waals surface area contributed by atoms with Crippen LogP contribution in [0.3, 0.4) is 0 Å². The molecule has 0 spiro atoms. The van der Waals surface area contributed by atoms with E-state index in [9.17, 15) is 14.4 Å². The molecule has 2 aromatic carbocycles. The number of Topliss-reactive ketones (excluding diaryl/α,β-unsaturated/α-hetero) is 1. The van der Waals surface area contributed by atoms with Gasteiger partial charge in [0.15, 0.2) is 23.9 Å². The number of aromatic nitrogens is 1. The van der Waals surface area contributed by atoms with E-state index in [-0.39, 0.29) is 18.3 Å². The molecule has 0 saturated heterocycles. The number of hydrogen-bond acceptors (Lipinski definition) is 6. The number of nitrogens with one attached hydrogen (secondary N) is 1. The second-order valence-electron chi connectivity index (χ2n) is 7.61. The SMILES string of the molecule is COC(=O)c1ccc2[nH]c3c(c2c1)CN(C(=O)COc1ccc(C(C)=O)cc1OC)CC3. The minimum atomic E-state index is -0.399. The Morgan fingerprint density at radius 2 is 1.81 bits per heavy atom. The number of carbonyl (C=O) groups is 3. The first-order valence-corrected chi connectivity index (χ1v) is 10.2. The first-order valence-electron chi connectivity index (χ1n) is 10.2. The predicted octanol–water partition coefficient (Wildman–Crippen LogP) is 3.13. The van der Waals surface area contributed by atoms with Gasteiger partial charge in [0.1, 0.15) is 0 Å². The lowest BCUT2D eigenvalue weighted by molar-refractivity contribution is -0.134. The highest BCUT2D eigenvalue weighted by molar-refractivity contribution is 5.96. The summed E-state index contributed by atoms with van der Waals surface area (Å²) in [4.78, 5) is 41.4. The van der Waals surface area contributed by atoms with E-state index in [1.807, 2.05) is 6.07 Å². The minimum absolute atomic E-state index is 0.0795. The molecule has 1 aliphatic rings. The van der Waals surface area contributed by atoms with Crippen LogP contribution in [0.2, 0.25) is 0 Å². The number of ether oxygens (including phenoxy) is 3. The second kappa shape index (κ2) is 8.74. The Kier molecular flexibility index (Phi) is 5.85. The number of H-pyrrole nitrogens is 1. The van der Waals surface area contributed by atoms with Crippen LogP contribution in [0.25, 0.3) is 10.9 Å². The molecule has 0 saturated carbocycles. The third-order valence-electron chi connectivity index (χ3n) is 5.67. The van der Waals surface area contributed by atoms with Crippen LogP contribution in [-0.2, 0) is 22.5 Å². The average Bonchev–Trinajstić information content (AvgIpc) is 3.18. The molecule has 0 fully saturated rings. The van der Waals surface area contributed by atoms with E-state index >= 15 is 0 Å². The normalized spacial score (nSPS) is 12.9. The molecule has 0 bridgehead atoms. The fraction of sp³-hybridized carbons (Fsp3) is 0.292. The molecule has 8 nitrogen and oxygen atoms in total. The summed E-state index contributed by atoms with van der Waals surface area (Å²) in [5.41, 5.74) is 3.95. The van der Waals surface area contributed by atoms with Gasteiger partial charge in [-0.3, -0.25) is 9.59 Å². The fourth-order valence-electron chi connectivity index (χ4n) is 3.91. The first kappa shape index (κ1) is 21.4. The third kappa shape index (κ3) is 4.03. The number of fused-ring (bicyclic) bond motifs is 3. The largest absolute Gasteiger partial charge is 0.493 e. The second-order valence-corrected chi connectivity index (χ2v) is 7.61. The smallest absolute Gasteiger partial charge is 0.337 e. The summed E-state index contributed by atoms with van der Waals surface area (Å²) in [6.45, 7) is 2.30. The van der Waals surface area contributed by atoms with E-state index < -0.39 is 5.97 Å². The standard InChI is InChI=1S/C24H24N2O6/c1-14(27)15-5-7-21(22(11-15)30-2)32-13-23(28)26-9-8-20-18(12-26)17-10-16(24(29)31-3)4-6-19(17)25-20/h4-7,10-11,25H,8-9,12-13H2,1-3H3. The number of amides is 1. The lowest BCUT2D eigenvalue weighted by Gasteiger charge is -2.27. The van der Waals surface area contributed by atoms with Crippen molar-refractivity contribution in [2.24, 2.45) is 0 Å². The van der Waals surface area contributed by atoms with Gasteiger partial charge in [-0.2, -0.15) is 0 Å². The number of nitrogens with zero attached hydrogens (tertiary/aromatic N) is 1. The van der Waals surface area contributed by atoms with Crippen LogP contribution in [0, 0.1) is 0 Å². The predicted molar refractivity (Wildman–Crippen MR) is 117 cm³/mol. The number of methoxy groups -OCH3 is 2. The number of aromatic amines is 1. The molecule has 0 radical (unpaired) electrons. The fourth-order valence-corrected chi connectivity index (χ4v) is 3.91. The zero-order chi connectivity index (χ0) is 22.8.